The molecule has 78 valence electrons. The normalized spacial score (nSPS) is 10.1. The minimum Gasteiger partial charge on any atom is -0.472 e. The van der Waals surface area contributed by atoms with Crippen LogP contribution in [0.25, 0.3) is 0 Å². The Bertz CT molecular complexity index is 409. The van der Waals surface area contributed by atoms with Gasteiger partial charge in [-0.25, -0.2) is 0 Å². The Balaban J connectivity index is 1.78. The molecule has 0 aromatic carbocycles. The van der Waals surface area contributed by atoms with Gasteiger partial charge in [0.05, 0.1) is 18.9 Å². The number of tetrazole rings is 1. The third kappa shape index (κ3) is 2.63. The van der Waals surface area contributed by atoms with Gasteiger partial charge in [-0.05, 0) is 6.07 Å². The van der Waals surface area contributed by atoms with Crippen LogP contribution in [0, 0.1) is 0 Å². The fraction of sp³-hybridized carbons (Fsp3) is 0.250. The molecule has 0 aliphatic carbocycles. The quantitative estimate of drug-likeness (QED) is 0.715. The van der Waals surface area contributed by atoms with Crippen molar-refractivity contribution in [1.82, 2.24) is 20.6 Å². The van der Waals surface area contributed by atoms with Gasteiger partial charge in [-0.2, -0.15) is 5.21 Å². The van der Waals surface area contributed by atoms with Gasteiger partial charge in [-0.3, -0.25) is 4.79 Å². The molecular weight excluding hydrogens is 200 g/mol. The van der Waals surface area contributed by atoms with Gasteiger partial charge >= 0.3 is 5.97 Å². The second kappa shape index (κ2) is 4.36. The van der Waals surface area contributed by atoms with E-state index in [-0.39, 0.29) is 19.0 Å². The molecule has 2 aromatic heterocycles. The van der Waals surface area contributed by atoms with E-state index < -0.39 is 0 Å². The summed E-state index contributed by atoms with van der Waals surface area (Å²) in [7, 11) is 0. The summed E-state index contributed by atoms with van der Waals surface area (Å²) < 4.78 is 9.71. The zero-order chi connectivity index (χ0) is 10.5. The molecule has 7 heteroatoms. The number of nitrogens with one attached hydrogen (secondary N) is 1. The Labute approximate surface area is 84.4 Å². The van der Waals surface area contributed by atoms with Gasteiger partial charge in [0, 0.05) is 5.56 Å². The van der Waals surface area contributed by atoms with Crippen molar-refractivity contribution in [3.8, 4) is 0 Å². The number of rotatable bonds is 4. The molecule has 0 radical (unpaired) electrons. The second-order valence-corrected chi connectivity index (χ2v) is 2.80. The number of carbonyl (C=O) groups is 1. The monoisotopic (exact) mass is 208 g/mol. The largest absolute Gasteiger partial charge is 0.472 e. The van der Waals surface area contributed by atoms with Crippen LogP contribution in [0.4, 0.5) is 0 Å². The molecule has 0 bridgehead atoms. The first-order valence-electron chi connectivity index (χ1n) is 4.23. The summed E-state index contributed by atoms with van der Waals surface area (Å²) in [5, 5.41) is 12.9. The Morgan fingerprint density at radius 1 is 1.60 bits per heavy atom. The van der Waals surface area contributed by atoms with Crippen molar-refractivity contribution < 1.29 is 13.9 Å². The molecule has 0 unspecified atom stereocenters. The first kappa shape index (κ1) is 9.38. The van der Waals surface area contributed by atoms with Crippen LogP contribution in [0.2, 0.25) is 0 Å². The molecule has 1 N–H and O–H groups in total. The predicted octanol–water partition coefficient (Wildman–Crippen LogP) is 0.0786. The fourth-order valence-electron chi connectivity index (χ4n) is 1.000. The molecule has 0 aliphatic heterocycles. The summed E-state index contributed by atoms with van der Waals surface area (Å²) in [6, 6.07) is 1.70. The van der Waals surface area contributed by atoms with E-state index in [9.17, 15) is 4.79 Å². The molecule has 7 nitrogen and oxygen atoms in total. The molecular formula is C8H8N4O3. The number of nitrogens with zero attached hydrogens (tertiary/aromatic N) is 3. The van der Waals surface area contributed by atoms with E-state index in [1.807, 2.05) is 0 Å². The number of hydrogen-bond acceptors (Lipinski definition) is 6. The van der Waals surface area contributed by atoms with Crippen LogP contribution >= 0.6 is 0 Å². The van der Waals surface area contributed by atoms with Crippen molar-refractivity contribution in [1.29, 1.82) is 0 Å². The first-order chi connectivity index (χ1) is 7.34. The summed E-state index contributed by atoms with van der Waals surface area (Å²) in [5.74, 6) is -0.0169. The Morgan fingerprint density at radius 2 is 2.53 bits per heavy atom. The molecule has 0 fully saturated rings. The summed E-state index contributed by atoms with van der Waals surface area (Å²) in [6.07, 6.45) is 3.17. The summed E-state index contributed by atoms with van der Waals surface area (Å²) in [4.78, 5) is 11.3. The number of esters is 1. The van der Waals surface area contributed by atoms with Gasteiger partial charge in [0.1, 0.15) is 0 Å². The van der Waals surface area contributed by atoms with Gasteiger partial charge in [0.15, 0.2) is 6.61 Å². The SMILES string of the molecule is O=C(Cc1ccoc1)OCc1nn[nH]n1. The minimum atomic E-state index is -0.360. The highest BCUT2D eigenvalue weighted by Gasteiger charge is 2.07. The van der Waals surface area contributed by atoms with Crippen LogP contribution in [0.15, 0.2) is 23.0 Å². The van der Waals surface area contributed by atoms with Gasteiger partial charge in [-0.1, -0.05) is 5.21 Å². The van der Waals surface area contributed by atoms with E-state index in [1.165, 1.54) is 12.5 Å². The maximum Gasteiger partial charge on any atom is 0.310 e. The number of aromatic amines is 1. The Kier molecular flexibility index (Phi) is 2.72. The molecule has 0 amide bonds. The van der Waals surface area contributed by atoms with E-state index in [0.717, 1.165) is 5.56 Å². The highest BCUT2D eigenvalue weighted by molar-refractivity contribution is 5.72. The fourth-order valence-corrected chi connectivity index (χ4v) is 1.000. The second-order valence-electron chi connectivity index (χ2n) is 2.80. The molecule has 15 heavy (non-hydrogen) atoms. The van der Waals surface area contributed by atoms with Crippen molar-refractivity contribution in [3.05, 3.63) is 30.0 Å². The maximum atomic E-state index is 11.3. The third-order valence-electron chi connectivity index (χ3n) is 1.68. The van der Waals surface area contributed by atoms with E-state index in [0.29, 0.717) is 5.82 Å². The van der Waals surface area contributed by atoms with E-state index in [2.05, 4.69) is 20.6 Å². The van der Waals surface area contributed by atoms with Crippen molar-refractivity contribution in [2.75, 3.05) is 0 Å². The molecule has 0 saturated carbocycles. The molecule has 0 saturated heterocycles. The first-order valence-corrected chi connectivity index (χ1v) is 4.23. The lowest BCUT2D eigenvalue weighted by molar-refractivity contribution is -0.144. The molecule has 0 atom stereocenters. The van der Waals surface area contributed by atoms with Crippen molar-refractivity contribution in [2.24, 2.45) is 0 Å². The molecule has 2 rings (SSSR count). The zero-order valence-corrected chi connectivity index (χ0v) is 7.71. The van der Waals surface area contributed by atoms with Gasteiger partial charge in [0.25, 0.3) is 0 Å². The zero-order valence-electron chi connectivity index (χ0n) is 7.71. The van der Waals surface area contributed by atoms with Gasteiger partial charge in [-0.15, -0.1) is 10.2 Å². The maximum absolute atomic E-state index is 11.3. The van der Waals surface area contributed by atoms with Crippen LogP contribution in [0.5, 0.6) is 0 Å². The number of furan rings is 1. The number of hydrogen-bond donors (Lipinski definition) is 1. The average molecular weight is 208 g/mol. The van der Waals surface area contributed by atoms with Crippen LogP contribution < -0.4 is 0 Å². The molecule has 0 spiro atoms. The predicted molar refractivity (Wildman–Crippen MR) is 46.4 cm³/mol. The van der Waals surface area contributed by atoms with Crippen molar-refractivity contribution in [2.45, 2.75) is 13.0 Å². The van der Waals surface area contributed by atoms with Crippen LogP contribution in [0.1, 0.15) is 11.4 Å². The summed E-state index contributed by atoms with van der Waals surface area (Å²) in [6.45, 7) is 0.0210. The highest BCUT2D eigenvalue weighted by Crippen LogP contribution is 2.02. The number of ether oxygens (including phenoxy) is 1. The molecule has 2 aromatic rings. The standard InChI is InChI=1S/C8H8N4O3/c13-8(3-6-1-2-14-4-6)15-5-7-9-11-12-10-7/h1-2,4H,3,5H2,(H,9,10,11,12). The highest BCUT2D eigenvalue weighted by atomic mass is 16.5. The van der Waals surface area contributed by atoms with E-state index in [4.69, 9.17) is 9.15 Å². The number of carbonyl (C=O) groups excluding carboxylic acids is 1. The molecule has 2 heterocycles. The van der Waals surface area contributed by atoms with Gasteiger partial charge in [0.2, 0.25) is 5.82 Å². The number of aromatic nitrogens is 4. The minimum absolute atomic E-state index is 0.0210. The van der Waals surface area contributed by atoms with E-state index in [1.54, 1.807) is 6.07 Å². The third-order valence-corrected chi connectivity index (χ3v) is 1.68. The lowest BCUT2D eigenvalue weighted by atomic mass is 10.2. The topological polar surface area (TPSA) is 93.9 Å². The summed E-state index contributed by atoms with van der Waals surface area (Å²) in [5.41, 5.74) is 0.771. The smallest absolute Gasteiger partial charge is 0.310 e. The number of H-pyrrole nitrogens is 1. The van der Waals surface area contributed by atoms with Gasteiger partial charge < -0.3 is 9.15 Å². The Hall–Kier alpha value is -2.18. The lowest BCUT2D eigenvalue weighted by Gasteiger charge is -1.99. The van der Waals surface area contributed by atoms with Crippen LogP contribution in [-0.4, -0.2) is 26.6 Å². The van der Waals surface area contributed by atoms with E-state index >= 15 is 0 Å². The van der Waals surface area contributed by atoms with Crippen LogP contribution in [-0.2, 0) is 22.6 Å². The summed E-state index contributed by atoms with van der Waals surface area (Å²) >= 11 is 0. The van der Waals surface area contributed by atoms with Crippen LogP contribution in [0.3, 0.4) is 0 Å². The lowest BCUT2D eigenvalue weighted by Crippen LogP contribution is -2.08. The molecule has 0 aliphatic rings. The Morgan fingerprint density at radius 3 is 3.20 bits per heavy atom. The van der Waals surface area contributed by atoms with Crippen molar-refractivity contribution >= 4 is 5.97 Å². The average Bonchev–Trinajstić information content (AvgIpc) is 2.86. The van der Waals surface area contributed by atoms with Crippen molar-refractivity contribution in [3.63, 3.8) is 0 Å².